The summed E-state index contributed by atoms with van der Waals surface area (Å²) in [5, 5.41) is 5.77. The summed E-state index contributed by atoms with van der Waals surface area (Å²) in [5.41, 5.74) is -0.642. The summed E-state index contributed by atoms with van der Waals surface area (Å²) in [5.74, 6) is 0.114. The Labute approximate surface area is 117 Å². The van der Waals surface area contributed by atoms with Gasteiger partial charge in [0.2, 0.25) is 5.91 Å². The number of hydrogen-bond donors (Lipinski definition) is 2. The minimum Gasteiger partial charge on any atom is -0.369 e. The van der Waals surface area contributed by atoms with Crippen LogP contribution in [0.5, 0.6) is 0 Å². The molecular weight excluding hydrogens is 258 g/mol. The fourth-order valence-electron chi connectivity index (χ4n) is 2.13. The van der Waals surface area contributed by atoms with Gasteiger partial charge in [0.05, 0.1) is 12.4 Å². The Morgan fingerprint density at radius 3 is 2.95 bits per heavy atom. The lowest BCUT2D eigenvalue weighted by Gasteiger charge is -2.40. The molecule has 7 heteroatoms. The lowest BCUT2D eigenvalue weighted by Crippen LogP contribution is -2.63. The molecule has 20 heavy (non-hydrogen) atoms. The molecular formula is C13H19N5O2. The highest BCUT2D eigenvalue weighted by Gasteiger charge is 2.41. The maximum absolute atomic E-state index is 12.5. The molecule has 0 saturated carbocycles. The van der Waals surface area contributed by atoms with E-state index in [0.29, 0.717) is 25.5 Å². The van der Waals surface area contributed by atoms with Gasteiger partial charge in [0, 0.05) is 19.6 Å². The van der Waals surface area contributed by atoms with Crippen molar-refractivity contribution in [3.63, 3.8) is 0 Å². The van der Waals surface area contributed by atoms with Crippen molar-refractivity contribution in [2.75, 3.05) is 25.0 Å². The summed E-state index contributed by atoms with van der Waals surface area (Å²) in [6.45, 7) is 7.00. The first-order valence-corrected chi connectivity index (χ1v) is 6.63. The van der Waals surface area contributed by atoms with Gasteiger partial charge in [0.1, 0.15) is 17.1 Å². The van der Waals surface area contributed by atoms with Crippen LogP contribution in [-0.4, -0.2) is 51.9 Å². The van der Waals surface area contributed by atoms with Gasteiger partial charge < -0.3 is 15.5 Å². The molecule has 1 saturated heterocycles. The SMILES string of the molecule is CCNc1cncc(C(=O)N2CCNC(=O)C2(C)C)n1. The lowest BCUT2D eigenvalue weighted by molar-refractivity contribution is -0.133. The van der Waals surface area contributed by atoms with Gasteiger partial charge in [0.15, 0.2) is 0 Å². The third-order valence-electron chi connectivity index (χ3n) is 3.31. The van der Waals surface area contributed by atoms with Crippen LogP contribution in [0.4, 0.5) is 5.82 Å². The van der Waals surface area contributed by atoms with Gasteiger partial charge in [-0.15, -0.1) is 0 Å². The molecule has 0 unspecified atom stereocenters. The number of carbonyl (C=O) groups excluding carboxylic acids is 2. The topological polar surface area (TPSA) is 87.2 Å². The molecule has 1 aliphatic rings. The second-order valence-corrected chi connectivity index (χ2v) is 5.09. The Balaban J connectivity index is 2.26. The maximum atomic E-state index is 12.5. The standard InChI is InChI=1S/C13H19N5O2/c1-4-15-10-8-14-7-9(17-10)11(19)18-6-5-16-12(20)13(18,2)3/h7-8H,4-6H2,1-3H3,(H,15,17)(H,16,20). The summed E-state index contributed by atoms with van der Waals surface area (Å²) >= 11 is 0. The molecule has 0 aromatic carbocycles. The van der Waals surface area contributed by atoms with E-state index in [4.69, 9.17) is 0 Å². The smallest absolute Gasteiger partial charge is 0.275 e. The predicted octanol–water partition coefficient (Wildman–Crippen LogP) is 0.259. The summed E-state index contributed by atoms with van der Waals surface area (Å²) in [4.78, 5) is 34.2. The molecule has 2 rings (SSSR count). The van der Waals surface area contributed by atoms with Gasteiger partial charge in [-0.3, -0.25) is 14.6 Å². The zero-order chi connectivity index (χ0) is 14.8. The highest BCUT2D eigenvalue weighted by molar-refractivity contribution is 5.98. The maximum Gasteiger partial charge on any atom is 0.275 e. The van der Waals surface area contributed by atoms with Crippen molar-refractivity contribution in [3.8, 4) is 0 Å². The number of aromatic nitrogens is 2. The van der Waals surface area contributed by atoms with Crippen LogP contribution < -0.4 is 10.6 Å². The van der Waals surface area contributed by atoms with Crippen molar-refractivity contribution in [3.05, 3.63) is 18.1 Å². The van der Waals surface area contributed by atoms with Gasteiger partial charge in [-0.2, -0.15) is 0 Å². The van der Waals surface area contributed by atoms with E-state index in [0.717, 1.165) is 0 Å². The molecule has 0 bridgehead atoms. The van der Waals surface area contributed by atoms with Crippen LogP contribution in [0, 0.1) is 0 Å². The molecule has 0 spiro atoms. The van der Waals surface area contributed by atoms with E-state index in [-0.39, 0.29) is 17.5 Å². The molecule has 2 amide bonds. The first kappa shape index (κ1) is 14.2. The first-order valence-electron chi connectivity index (χ1n) is 6.63. The van der Waals surface area contributed by atoms with Crippen molar-refractivity contribution < 1.29 is 9.59 Å². The predicted molar refractivity (Wildman–Crippen MR) is 74.3 cm³/mol. The van der Waals surface area contributed by atoms with E-state index in [1.807, 2.05) is 6.92 Å². The van der Waals surface area contributed by atoms with E-state index in [1.54, 1.807) is 20.0 Å². The molecule has 2 N–H and O–H groups in total. The molecule has 0 aliphatic carbocycles. The number of hydrogen-bond acceptors (Lipinski definition) is 5. The third kappa shape index (κ3) is 2.56. The van der Waals surface area contributed by atoms with Crippen LogP contribution in [0.3, 0.4) is 0 Å². The number of nitrogens with zero attached hydrogens (tertiary/aromatic N) is 3. The molecule has 2 heterocycles. The number of anilines is 1. The fraction of sp³-hybridized carbons (Fsp3) is 0.538. The molecule has 1 fully saturated rings. The third-order valence-corrected chi connectivity index (χ3v) is 3.31. The van der Waals surface area contributed by atoms with Crippen LogP contribution >= 0.6 is 0 Å². The van der Waals surface area contributed by atoms with Crippen molar-refractivity contribution in [1.82, 2.24) is 20.2 Å². The molecule has 0 atom stereocenters. The van der Waals surface area contributed by atoms with Crippen molar-refractivity contribution in [2.45, 2.75) is 26.3 Å². The number of rotatable bonds is 3. The zero-order valence-corrected chi connectivity index (χ0v) is 11.9. The largest absolute Gasteiger partial charge is 0.369 e. The Hall–Kier alpha value is -2.18. The monoisotopic (exact) mass is 277 g/mol. The first-order chi connectivity index (χ1) is 9.46. The second-order valence-electron chi connectivity index (χ2n) is 5.09. The number of piperazine rings is 1. The number of carbonyl (C=O) groups is 2. The van der Waals surface area contributed by atoms with E-state index in [9.17, 15) is 9.59 Å². The Kier molecular flexibility index (Phi) is 3.87. The second kappa shape index (κ2) is 5.44. The van der Waals surface area contributed by atoms with Crippen molar-refractivity contribution in [1.29, 1.82) is 0 Å². The summed E-state index contributed by atoms with van der Waals surface area (Å²) in [7, 11) is 0. The quantitative estimate of drug-likeness (QED) is 0.827. The fourth-order valence-corrected chi connectivity index (χ4v) is 2.13. The molecule has 0 radical (unpaired) electrons. The summed E-state index contributed by atoms with van der Waals surface area (Å²) in [6.07, 6.45) is 2.99. The van der Waals surface area contributed by atoms with Gasteiger partial charge in [-0.25, -0.2) is 4.98 Å². The molecule has 1 aliphatic heterocycles. The molecule has 108 valence electrons. The van der Waals surface area contributed by atoms with Crippen molar-refractivity contribution in [2.24, 2.45) is 0 Å². The summed E-state index contributed by atoms with van der Waals surface area (Å²) in [6, 6.07) is 0. The van der Waals surface area contributed by atoms with Crippen LogP contribution in [0.15, 0.2) is 12.4 Å². The minimum absolute atomic E-state index is 0.159. The Bertz CT molecular complexity index is 529. The van der Waals surface area contributed by atoms with E-state index in [1.165, 1.54) is 11.1 Å². The van der Waals surface area contributed by atoms with Gasteiger partial charge >= 0.3 is 0 Å². The highest BCUT2D eigenvalue weighted by atomic mass is 16.2. The van der Waals surface area contributed by atoms with E-state index >= 15 is 0 Å². The molecule has 1 aromatic heterocycles. The Morgan fingerprint density at radius 2 is 2.25 bits per heavy atom. The summed E-state index contributed by atoms with van der Waals surface area (Å²) < 4.78 is 0. The number of nitrogens with one attached hydrogen (secondary N) is 2. The highest BCUT2D eigenvalue weighted by Crippen LogP contribution is 2.20. The molecule has 1 aromatic rings. The number of amides is 2. The van der Waals surface area contributed by atoms with Crippen LogP contribution in [-0.2, 0) is 4.79 Å². The van der Waals surface area contributed by atoms with E-state index in [2.05, 4.69) is 20.6 Å². The van der Waals surface area contributed by atoms with Crippen LogP contribution in [0.25, 0.3) is 0 Å². The van der Waals surface area contributed by atoms with Crippen molar-refractivity contribution >= 4 is 17.6 Å². The minimum atomic E-state index is -0.884. The molecule has 7 nitrogen and oxygen atoms in total. The van der Waals surface area contributed by atoms with Gasteiger partial charge in [0.25, 0.3) is 5.91 Å². The average molecular weight is 277 g/mol. The normalized spacial score (nSPS) is 17.6. The van der Waals surface area contributed by atoms with Crippen LogP contribution in [0.2, 0.25) is 0 Å². The van der Waals surface area contributed by atoms with Crippen LogP contribution in [0.1, 0.15) is 31.3 Å². The van der Waals surface area contributed by atoms with Gasteiger partial charge in [-0.05, 0) is 20.8 Å². The lowest BCUT2D eigenvalue weighted by atomic mass is 9.98. The average Bonchev–Trinajstić information content (AvgIpc) is 2.42. The van der Waals surface area contributed by atoms with E-state index < -0.39 is 5.54 Å². The zero-order valence-electron chi connectivity index (χ0n) is 11.9. The van der Waals surface area contributed by atoms with Gasteiger partial charge in [-0.1, -0.05) is 0 Å². The Morgan fingerprint density at radius 1 is 1.50 bits per heavy atom.